The molecule has 2 atom stereocenters. The number of nitrogens with zero attached hydrogens (tertiary/aromatic N) is 6. The second kappa shape index (κ2) is 9.05. The number of carbonyl (C=O) groups is 1. The van der Waals surface area contributed by atoms with Gasteiger partial charge in [0.15, 0.2) is 5.82 Å². The summed E-state index contributed by atoms with van der Waals surface area (Å²) in [5.41, 5.74) is 2.88. The van der Waals surface area contributed by atoms with Crippen molar-refractivity contribution in [2.75, 3.05) is 0 Å². The molecule has 1 aliphatic rings. The zero-order chi connectivity index (χ0) is 22.8. The van der Waals surface area contributed by atoms with Crippen molar-refractivity contribution in [3.8, 4) is 17.1 Å². The molecule has 1 aliphatic carbocycles. The molecule has 3 heterocycles. The fourth-order valence-corrected chi connectivity index (χ4v) is 3.96. The van der Waals surface area contributed by atoms with Gasteiger partial charge in [0.2, 0.25) is 5.89 Å². The van der Waals surface area contributed by atoms with Gasteiger partial charge in [0.05, 0.1) is 35.5 Å². The van der Waals surface area contributed by atoms with Gasteiger partial charge in [-0.2, -0.15) is 4.98 Å². The lowest BCUT2D eigenvalue weighted by molar-refractivity contribution is -0.143. The number of ether oxygens (including phenoxy) is 1. The van der Waals surface area contributed by atoms with E-state index in [9.17, 15) is 9.90 Å². The molecule has 0 aliphatic heterocycles. The molecule has 0 bridgehead atoms. The van der Waals surface area contributed by atoms with Gasteiger partial charge in [0.1, 0.15) is 11.4 Å². The third kappa shape index (κ3) is 4.63. The first-order chi connectivity index (χ1) is 15.3. The van der Waals surface area contributed by atoms with Crippen LogP contribution >= 0.6 is 0 Å². The first-order valence-electron chi connectivity index (χ1n) is 10.9. The van der Waals surface area contributed by atoms with Gasteiger partial charge in [-0.3, -0.25) is 9.48 Å². The van der Waals surface area contributed by atoms with Crippen molar-refractivity contribution in [3.05, 3.63) is 35.2 Å². The smallest absolute Gasteiger partial charge is 0.306 e. The number of rotatable bonds is 7. The number of carboxylic acid groups (broad SMARTS) is 1. The predicted octanol–water partition coefficient (Wildman–Crippen LogP) is 3.30. The second-order valence-electron chi connectivity index (χ2n) is 8.61. The van der Waals surface area contributed by atoms with E-state index >= 15 is 0 Å². The average Bonchev–Trinajstić information content (AvgIpc) is 3.37. The zero-order valence-corrected chi connectivity index (χ0v) is 18.8. The number of pyridine rings is 1. The first kappa shape index (κ1) is 21.9. The highest BCUT2D eigenvalue weighted by atomic mass is 16.5. The molecule has 4 rings (SSSR count). The van der Waals surface area contributed by atoms with Crippen molar-refractivity contribution in [3.63, 3.8) is 0 Å². The predicted molar refractivity (Wildman–Crippen MR) is 114 cm³/mol. The van der Waals surface area contributed by atoms with Crippen LogP contribution in [0.1, 0.15) is 68.6 Å². The third-order valence-corrected chi connectivity index (χ3v) is 5.80. The van der Waals surface area contributed by atoms with Gasteiger partial charge in [-0.1, -0.05) is 24.2 Å². The second-order valence-corrected chi connectivity index (χ2v) is 8.61. The monoisotopic (exact) mass is 440 g/mol. The maximum absolute atomic E-state index is 11.3. The summed E-state index contributed by atoms with van der Waals surface area (Å²) in [6, 6.07) is 3.72. The lowest BCUT2D eigenvalue weighted by Crippen LogP contribution is -2.29. The molecule has 10 nitrogen and oxygen atoms in total. The number of aliphatic carboxylic acids is 1. The van der Waals surface area contributed by atoms with Gasteiger partial charge in [0, 0.05) is 13.0 Å². The Hall–Kier alpha value is -3.30. The van der Waals surface area contributed by atoms with Crippen LogP contribution in [0, 0.1) is 12.8 Å². The minimum atomic E-state index is -0.749. The maximum Gasteiger partial charge on any atom is 0.306 e. The number of carboxylic acids is 1. The van der Waals surface area contributed by atoms with Crippen LogP contribution in [0.15, 0.2) is 16.7 Å². The Labute approximate surface area is 186 Å². The number of aryl methyl sites for hydroxylation is 2. The molecule has 1 fully saturated rings. The molecule has 0 amide bonds. The van der Waals surface area contributed by atoms with Crippen LogP contribution in [0.5, 0.6) is 5.75 Å². The standard InChI is InChI=1S/C22H28N6O4/c1-12(2)21-24-19(26-32-21)11-17-20(25-27-28(17)4)16-8-9-18(13(3)23-16)31-15-7-5-6-14(10-15)22(29)30/h8-9,12,14-15H,5-7,10-11H2,1-4H3,(H,29,30)/t14-,15-/m0/s1. The van der Waals surface area contributed by atoms with E-state index in [2.05, 4.69) is 20.5 Å². The van der Waals surface area contributed by atoms with Crippen LogP contribution in [0.2, 0.25) is 0 Å². The third-order valence-electron chi connectivity index (χ3n) is 5.80. The van der Waals surface area contributed by atoms with E-state index in [0.717, 1.165) is 24.2 Å². The number of hydrogen-bond donors (Lipinski definition) is 1. The molecule has 0 saturated heterocycles. The summed E-state index contributed by atoms with van der Waals surface area (Å²) in [6.45, 7) is 5.88. The summed E-state index contributed by atoms with van der Waals surface area (Å²) in [7, 11) is 1.82. The van der Waals surface area contributed by atoms with Gasteiger partial charge >= 0.3 is 5.97 Å². The molecule has 0 radical (unpaired) electrons. The van der Waals surface area contributed by atoms with Gasteiger partial charge < -0.3 is 14.4 Å². The highest BCUT2D eigenvalue weighted by molar-refractivity contribution is 5.70. The molecular weight excluding hydrogens is 412 g/mol. The molecule has 0 aromatic carbocycles. The Morgan fingerprint density at radius 1 is 1.31 bits per heavy atom. The normalized spacial score (nSPS) is 18.8. The van der Waals surface area contributed by atoms with Gasteiger partial charge in [0.25, 0.3) is 0 Å². The van der Waals surface area contributed by atoms with Gasteiger partial charge in [-0.05, 0) is 44.7 Å². The molecule has 1 saturated carbocycles. The van der Waals surface area contributed by atoms with Crippen LogP contribution in [0.3, 0.4) is 0 Å². The minimum Gasteiger partial charge on any atom is -0.489 e. The quantitative estimate of drug-likeness (QED) is 0.588. The van der Waals surface area contributed by atoms with E-state index < -0.39 is 5.97 Å². The molecule has 10 heteroatoms. The number of aromatic nitrogens is 6. The fourth-order valence-electron chi connectivity index (χ4n) is 3.96. The summed E-state index contributed by atoms with van der Waals surface area (Å²) < 4.78 is 13.1. The van der Waals surface area contributed by atoms with Crippen molar-refractivity contribution in [2.45, 2.75) is 64.9 Å². The highest BCUT2D eigenvalue weighted by Crippen LogP contribution is 2.30. The van der Waals surface area contributed by atoms with Crippen LogP contribution < -0.4 is 4.74 Å². The molecule has 0 spiro atoms. The fraction of sp³-hybridized carbons (Fsp3) is 0.545. The Kier molecular flexibility index (Phi) is 6.20. The van der Waals surface area contributed by atoms with Gasteiger partial charge in [-0.25, -0.2) is 4.98 Å². The Balaban J connectivity index is 1.52. The Bertz CT molecular complexity index is 1110. The van der Waals surface area contributed by atoms with Crippen LogP contribution in [0.25, 0.3) is 11.4 Å². The molecule has 3 aromatic rings. The first-order valence-corrected chi connectivity index (χ1v) is 10.9. The van der Waals surface area contributed by atoms with E-state index in [1.165, 1.54) is 0 Å². The summed E-state index contributed by atoms with van der Waals surface area (Å²) in [5, 5.41) is 21.8. The van der Waals surface area contributed by atoms with E-state index in [1.54, 1.807) is 4.68 Å². The molecular formula is C22H28N6O4. The van der Waals surface area contributed by atoms with Crippen LogP contribution in [-0.2, 0) is 18.3 Å². The van der Waals surface area contributed by atoms with Crippen molar-refractivity contribution in [1.29, 1.82) is 0 Å². The van der Waals surface area contributed by atoms with E-state index in [-0.39, 0.29) is 17.9 Å². The summed E-state index contributed by atoms with van der Waals surface area (Å²) >= 11 is 0. The molecule has 3 aromatic heterocycles. The summed E-state index contributed by atoms with van der Waals surface area (Å²) in [6.07, 6.45) is 3.24. The van der Waals surface area contributed by atoms with Crippen LogP contribution in [0.4, 0.5) is 0 Å². The molecule has 32 heavy (non-hydrogen) atoms. The highest BCUT2D eigenvalue weighted by Gasteiger charge is 2.28. The van der Waals surface area contributed by atoms with Crippen molar-refractivity contribution >= 4 is 5.97 Å². The molecule has 170 valence electrons. The molecule has 1 N–H and O–H groups in total. The summed E-state index contributed by atoms with van der Waals surface area (Å²) in [4.78, 5) is 20.5. The van der Waals surface area contributed by atoms with E-state index in [1.807, 2.05) is 40.0 Å². The number of hydrogen-bond acceptors (Lipinski definition) is 8. The van der Waals surface area contributed by atoms with Gasteiger partial charge in [-0.15, -0.1) is 5.10 Å². The SMILES string of the molecule is Cc1nc(-c2nnn(C)c2Cc2noc(C(C)C)n2)ccc1O[C@H]1CCC[C@H](C(=O)O)C1. The van der Waals surface area contributed by atoms with E-state index in [0.29, 0.717) is 48.1 Å². The zero-order valence-electron chi connectivity index (χ0n) is 18.8. The topological polar surface area (TPSA) is 129 Å². The largest absolute Gasteiger partial charge is 0.489 e. The Morgan fingerprint density at radius 3 is 2.81 bits per heavy atom. The molecule has 0 unspecified atom stereocenters. The van der Waals surface area contributed by atoms with Crippen LogP contribution in [-0.4, -0.2) is 47.3 Å². The lowest BCUT2D eigenvalue weighted by atomic mass is 9.87. The van der Waals surface area contributed by atoms with E-state index in [4.69, 9.17) is 14.2 Å². The maximum atomic E-state index is 11.3. The lowest BCUT2D eigenvalue weighted by Gasteiger charge is -2.27. The average molecular weight is 441 g/mol. The Morgan fingerprint density at radius 2 is 2.12 bits per heavy atom. The van der Waals surface area contributed by atoms with Crippen molar-refractivity contribution in [2.24, 2.45) is 13.0 Å². The van der Waals surface area contributed by atoms with Crippen molar-refractivity contribution in [1.82, 2.24) is 30.1 Å². The van der Waals surface area contributed by atoms with Crippen molar-refractivity contribution < 1.29 is 19.2 Å². The summed E-state index contributed by atoms with van der Waals surface area (Å²) in [5.74, 6) is 0.898. The minimum absolute atomic E-state index is 0.114.